The van der Waals surface area contributed by atoms with Gasteiger partial charge < -0.3 is 18.8 Å². The van der Waals surface area contributed by atoms with Crippen LogP contribution in [0.25, 0.3) is 16.4 Å². The molecule has 0 radical (unpaired) electrons. The highest BCUT2D eigenvalue weighted by atomic mass is 16.5. The third-order valence-electron chi connectivity index (χ3n) is 4.88. The molecule has 134 valence electrons. The maximum Gasteiger partial charge on any atom is 0.340 e. The second-order valence-electron chi connectivity index (χ2n) is 6.41. The Labute approximate surface area is 150 Å². The van der Waals surface area contributed by atoms with E-state index < -0.39 is 0 Å². The average molecular weight is 352 g/mol. The molecule has 6 heteroatoms. The Hall–Kier alpha value is -2.86. The molecule has 0 spiro atoms. The van der Waals surface area contributed by atoms with Gasteiger partial charge in [0.15, 0.2) is 0 Å². The topological polar surface area (TPSA) is 60.2 Å². The number of carbonyl (C=O) groups is 2. The summed E-state index contributed by atoms with van der Waals surface area (Å²) in [7, 11) is 1.38. The number of benzene rings is 1. The lowest BCUT2D eigenvalue weighted by Gasteiger charge is -2.27. The van der Waals surface area contributed by atoms with E-state index in [1.54, 1.807) is 4.90 Å². The van der Waals surface area contributed by atoms with Crippen LogP contribution in [0, 0.1) is 6.92 Å². The molecule has 0 bridgehead atoms. The largest absolute Gasteiger partial charge is 0.465 e. The van der Waals surface area contributed by atoms with Gasteiger partial charge >= 0.3 is 5.97 Å². The predicted molar refractivity (Wildman–Crippen MR) is 97.7 cm³/mol. The van der Waals surface area contributed by atoms with Gasteiger partial charge in [-0.1, -0.05) is 6.07 Å². The number of amides is 1. The van der Waals surface area contributed by atoms with Crippen LogP contribution in [0.15, 0.2) is 36.5 Å². The quantitative estimate of drug-likeness (QED) is 0.665. The van der Waals surface area contributed by atoms with E-state index in [0.29, 0.717) is 37.4 Å². The van der Waals surface area contributed by atoms with Crippen LogP contribution in [0.4, 0.5) is 0 Å². The zero-order valence-electron chi connectivity index (χ0n) is 14.8. The van der Waals surface area contributed by atoms with Gasteiger partial charge in [0.2, 0.25) is 0 Å². The standard InChI is InChI=1S/C20H20N2O4/c1-13-11-14(19(23)21-7-9-26-10-8-21)12-16-17(13)18(20(24)25-2)15-5-3-4-6-22(15)16/h3-6,11-12H,7-10H2,1-2H3. The van der Waals surface area contributed by atoms with Crippen molar-refractivity contribution in [1.82, 2.24) is 9.30 Å². The van der Waals surface area contributed by atoms with Gasteiger partial charge in [-0.05, 0) is 36.8 Å². The highest BCUT2D eigenvalue weighted by Gasteiger charge is 2.24. The smallest absolute Gasteiger partial charge is 0.340 e. The summed E-state index contributed by atoms with van der Waals surface area (Å²) in [5, 5.41) is 0.821. The Morgan fingerprint density at radius 2 is 1.88 bits per heavy atom. The van der Waals surface area contributed by atoms with Crippen molar-refractivity contribution < 1.29 is 19.1 Å². The van der Waals surface area contributed by atoms with Crippen molar-refractivity contribution in [3.05, 3.63) is 53.2 Å². The van der Waals surface area contributed by atoms with Crippen LogP contribution in [0.2, 0.25) is 0 Å². The Bertz CT molecular complexity index is 1020. The van der Waals surface area contributed by atoms with E-state index in [4.69, 9.17) is 9.47 Å². The van der Waals surface area contributed by atoms with Gasteiger partial charge in [0.1, 0.15) is 0 Å². The molecule has 1 aliphatic rings. The first-order valence-corrected chi connectivity index (χ1v) is 8.60. The van der Waals surface area contributed by atoms with Gasteiger partial charge in [-0.3, -0.25) is 4.79 Å². The number of carbonyl (C=O) groups excluding carboxylic acids is 2. The molecule has 0 atom stereocenters. The molecule has 2 aromatic heterocycles. The van der Waals surface area contributed by atoms with E-state index in [2.05, 4.69) is 0 Å². The van der Waals surface area contributed by atoms with Crippen LogP contribution < -0.4 is 0 Å². The van der Waals surface area contributed by atoms with Crippen molar-refractivity contribution in [2.45, 2.75) is 6.92 Å². The molecule has 0 unspecified atom stereocenters. The molecule has 4 rings (SSSR count). The lowest BCUT2D eigenvalue weighted by atomic mass is 10.0. The molecule has 0 aliphatic carbocycles. The van der Waals surface area contributed by atoms with E-state index in [1.807, 2.05) is 47.9 Å². The number of hydrogen-bond acceptors (Lipinski definition) is 4. The highest BCUT2D eigenvalue weighted by molar-refractivity contribution is 6.14. The number of methoxy groups -OCH3 is 1. The lowest BCUT2D eigenvalue weighted by molar-refractivity contribution is 0.0303. The number of rotatable bonds is 2. The summed E-state index contributed by atoms with van der Waals surface area (Å²) in [5.41, 5.74) is 3.64. The van der Waals surface area contributed by atoms with Crippen molar-refractivity contribution >= 4 is 28.3 Å². The predicted octanol–water partition coefficient (Wildman–Crippen LogP) is 2.66. The number of morpholine rings is 1. The van der Waals surface area contributed by atoms with Crippen LogP contribution in [-0.2, 0) is 9.47 Å². The Balaban J connectivity index is 1.93. The average Bonchev–Trinajstić information content (AvgIpc) is 3.02. The second-order valence-corrected chi connectivity index (χ2v) is 6.41. The molecular formula is C20H20N2O4. The van der Waals surface area contributed by atoms with Crippen LogP contribution in [-0.4, -0.2) is 54.6 Å². The van der Waals surface area contributed by atoms with Gasteiger partial charge in [0.05, 0.1) is 36.9 Å². The van der Waals surface area contributed by atoms with Crippen LogP contribution in [0.3, 0.4) is 0 Å². The number of esters is 1. The van der Waals surface area contributed by atoms with Gasteiger partial charge in [-0.25, -0.2) is 4.79 Å². The summed E-state index contributed by atoms with van der Waals surface area (Å²) in [6.07, 6.45) is 1.90. The molecule has 6 nitrogen and oxygen atoms in total. The van der Waals surface area contributed by atoms with Gasteiger partial charge in [-0.15, -0.1) is 0 Å². The Morgan fingerprint density at radius 1 is 1.12 bits per heavy atom. The fourth-order valence-corrected chi connectivity index (χ4v) is 3.65. The van der Waals surface area contributed by atoms with Crippen molar-refractivity contribution in [2.75, 3.05) is 33.4 Å². The maximum absolute atomic E-state index is 12.9. The van der Waals surface area contributed by atoms with Crippen LogP contribution >= 0.6 is 0 Å². The Morgan fingerprint density at radius 3 is 2.62 bits per heavy atom. The number of aromatic nitrogens is 1. The first-order valence-electron chi connectivity index (χ1n) is 8.60. The maximum atomic E-state index is 12.9. The second kappa shape index (κ2) is 6.46. The first-order chi connectivity index (χ1) is 12.6. The normalized spacial score (nSPS) is 14.8. The third-order valence-corrected chi connectivity index (χ3v) is 4.88. The fraction of sp³-hybridized carbons (Fsp3) is 0.300. The number of nitrogens with zero attached hydrogens (tertiary/aromatic N) is 2. The zero-order chi connectivity index (χ0) is 18.3. The van der Waals surface area contributed by atoms with Gasteiger partial charge in [0, 0.05) is 30.2 Å². The first kappa shape index (κ1) is 16.6. The monoisotopic (exact) mass is 352 g/mol. The fourth-order valence-electron chi connectivity index (χ4n) is 3.65. The zero-order valence-corrected chi connectivity index (χ0v) is 14.8. The van der Waals surface area contributed by atoms with Gasteiger partial charge in [0.25, 0.3) is 5.91 Å². The highest BCUT2D eigenvalue weighted by Crippen LogP contribution is 2.31. The van der Waals surface area contributed by atoms with Crippen molar-refractivity contribution in [1.29, 1.82) is 0 Å². The lowest BCUT2D eigenvalue weighted by Crippen LogP contribution is -2.40. The summed E-state index contributed by atoms with van der Waals surface area (Å²) in [5.74, 6) is -0.386. The molecule has 26 heavy (non-hydrogen) atoms. The molecule has 0 saturated carbocycles. The Kier molecular flexibility index (Phi) is 4.12. The minimum absolute atomic E-state index is 0.0104. The number of hydrogen-bond donors (Lipinski definition) is 0. The number of pyridine rings is 1. The van der Waals surface area contributed by atoms with Crippen molar-refractivity contribution in [2.24, 2.45) is 0 Å². The number of ether oxygens (including phenoxy) is 2. The molecule has 3 aromatic rings. The third kappa shape index (κ3) is 2.54. The minimum atomic E-state index is -0.376. The summed E-state index contributed by atoms with van der Waals surface area (Å²) < 4.78 is 12.3. The van der Waals surface area contributed by atoms with E-state index in [9.17, 15) is 9.59 Å². The summed E-state index contributed by atoms with van der Waals surface area (Å²) in [6.45, 7) is 4.24. The summed E-state index contributed by atoms with van der Waals surface area (Å²) >= 11 is 0. The number of fused-ring (bicyclic) bond motifs is 3. The van der Waals surface area contributed by atoms with Gasteiger partial charge in [-0.2, -0.15) is 0 Å². The number of aryl methyl sites for hydroxylation is 1. The van der Waals surface area contributed by atoms with E-state index in [1.165, 1.54) is 7.11 Å². The van der Waals surface area contributed by atoms with E-state index in [0.717, 1.165) is 22.0 Å². The molecule has 1 aromatic carbocycles. The molecule has 3 heterocycles. The molecule has 1 fully saturated rings. The van der Waals surface area contributed by atoms with Crippen LogP contribution in [0.1, 0.15) is 26.3 Å². The van der Waals surface area contributed by atoms with E-state index >= 15 is 0 Å². The minimum Gasteiger partial charge on any atom is -0.465 e. The molecule has 1 saturated heterocycles. The van der Waals surface area contributed by atoms with Crippen molar-refractivity contribution in [3.63, 3.8) is 0 Å². The summed E-state index contributed by atoms with van der Waals surface area (Å²) in [6, 6.07) is 9.38. The molecular weight excluding hydrogens is 332 g/mol. The van der Waals surface area contributed by atoms with Crippen LogP contribution in [0.5, 0.6) is 0 Å². The molecule has 1 aliphatic heterocycles. The molecule has 1 amide bonds. The molecule has 0 N–H and O–H groups in total. The van der Waals surface area contributed by atoms with Crippen molar-refractivity contribution in [3.8, 4) is 0 Å². The summed E-state index contributed by atoms with van der Waals surface area (Å²) in [4.78, 5) is 27.1. The van der Waals surface area contributed by atoms with E-state index in [-0.39, 0.29) is 11.9 Å². The SMILES string of the molecule is COC(=O)c1c2c(C)cc(C(=O)N3CCOCC3)cc2n2ccccc12.